The second kappa shape index (κ2) is 4.84. The maximum Gasteiger partial charge on any atom is 0.338 e. The Morgan fingerprint density at radius 2 is 2.21 bits per heavy atom. The number of benzene rings is 1. The number of hydrogen-bond donors (Lipinski definition) is 2. The lowest BCUT2D eigenvalue weighted by molar-refractivity contribution is -0.130. The normalized spacial score (nSPS) is 15.5. The van der Waals surface area contributed by atoms with Crippen LogP contribution in [0.25, 0.3) is 5.57 Å². The fourth-order valence-corrected chi connectivity index (χ4v) is 2.35. The van der Waals surface area contributed by atoms with Crippen molar-refractivity contribution in [3.05, 3.63) is 40.3 Å². The van der Waals surface area contributed by atoms with E-state index in [2.05, 4.69) is 5.32 Å². The molecule has 0 aliphatic carbocycles. The van der Waals surface area contributed by atoms with Crippen LogP contribution in [0.1, 0.15) is 23.6 Å². The molecule has 0 radical (unpaired) electrons. The molecule has 0 amide bonds. The first kappa shape index (κ1) is 13.3. The number of carboxylic acids is 1. The Bertz CT molecular complexity index is 593. The molecule has 1 heterocycles. The largest absolute Gasteiger partial charge is 0.478 e. The van der Waals surface area contributed by atoms with Crippen LogP contribution >= 0.6 is 0 Å². The predicted molar refractivity (Wildman–Crippen MR) is 67.8 cm³/mol. The van der Waals surface area contributed by atoms with E-state index in [9.17, 15) is 19.1 Å². The zero-order valence-corrected chi connectivity index (χ0v) is 10.7. The average molecular weight is 263 g/mol. The molecule has 100 valence electrons. The van der Waals surface area contributed by atoms with Gasteiger partial charge in [0, 0.05) is 23.4 Å². The molecule has 5 heteroatoms. The predicted octanol–water partition coefficient (Wildman–Crippen LogP) is 1.87. The Labute approximate surface area is 109 Å². The number of halogens is 1. The number of allylic oxidation sites excluding steroid dienone is 1. The van der Waals surface area contributed by atoms with Gasteiger partial charge in [-0.3, -0.25) is 0 Å². The van der Waals surface area contributed by atoms with Gasteiger partial charge in [-0.25, -0.2) is 9.18 Å². The van der Waals surface area contributed by atoms with Gasteiger partial charge >= 0.3 is 5.97 Å². The first-order chi connectivity index (χ1) is 8.97. The second-order valence-electron chi connectivity index (χ2n) is 4.59. The molecule has 0 saturated heterocycles. The molecule has 2 rings (SSSR count). The van der Waals surface area contributed by atoms with Crippen LogP contribution in [0.3, 0.4) is 0 Å². The van der Waals surface area contributed by atoms with Crippen LogP contribution in [0.15, 0.2) is 17.8 Å². The van der Waals surface area contributed by atoms with E-state index in [1.165, 1.54) is 6.07 Å². The smallest absolute Gasteiger partial charge is 0.338 e. The molecular formula is C14H14FNO3. The standard InChI is InChI=1S/C14H14FNO3/c1-7-3-4-10(15)9-5-16-13(8(2)6-17)12(11(7)9)14(18)19/h3-4,6,8,16H,5H2,1-2H3,(H,18,19)/t8-/m1/s1. The van der Waals surface area contributed by atoms with Gasteiger partial charge in [0.05, 0.1) is 11.5 Å². The second-order valence-corrected chi connectivity index (χ2v) is 4.59. The van der Waals surface area contributed by atoms with Gasteiger partial charge in [-0.2, -0.15) is 0 Å². The number of carbonyl (C=O) groups is 2. The number of aldehydes is 1. The highest BCUT2D eigenvalue weighted by atomic mass is 19.1. The van der Waals surface area contributed by atoms with Crippen molar-refractivity contribution in [3.8, 4) is 0 Å². The van der Waals surface area contributed by atoms with Crippen molar-refractivity contribution in [2.24, 2.45) is 5.92 Å². The minimum Gasteiger partial charge on any atom is -0.478 e. The average Bonchev–Trinajstić information content (AvgIpc) is 2.40. The van der Waals surface area contributed by atoms with Crippen molar-refractivity contribution in [2.75, 3.05) is 0 Å². The topological polar surface area (TPSA) is 66.4 Å². The Morgan fingerprint density at radius 1 is 1.53 bits per heavy atom. The summed E-state index contributed by atoms with van der Waals surface area (Å²) >= 11 is 0. The monoisotopic (exact) mass is 263 g/mol. The number of fused-ring (bicyclic) bond motifs is 1. The molecule has 0 bridgehead atoms. The third-order valence-corrected chi connectivity index (χ3v) is 3.31. The molecule has 1 atom stereocenters. The van der Waals surface area contributed by atoms with Crippen LogP contribution in [-0.2, 0) is 16.1 Å². The molecule has 0 unspecified atom stereocenters. The maximum atomic E-state index is 13.8. The van der Waals surface area contributed by atoms with Gasteiger partial charge in [0.25, 0.3) is 0 Å². The van der Waals surface area contributed by atoms with Crippen LogP contribution in [0.2, 0.25) is 0 Å². The van der Waals surface area contributed by atoms with Crippen LogP contribution in [0.5, 0.6) is 0 Å². The van der Waals surface area contributed by atoms with Crippen LogP contribution < -0.4 is 5.32 Å². The summed E-state index contributed by atoms with van der Waals surface area (Å²) in [6.45, 7) is 3.53. The minimum absolute atomic E-state index is 0.0159. The highest BCUT2D eigenvalue weighted by molar-refractivity contribution is 6.18. The van der Waals surface area contributed by atoms with E-state index in [1.54, 1.807) is 19.9 Å². The number of aliphatic carboxylic acids is 1. The van der Waals surface area contributed by atoms with E-state index >= 15 is 0 Å². The molecule has 1 aliphatic heterocycles. The number of nitrogens with one attached hydrogen (secondary N) is 1. The molecule has 4 nitrogen and oxygen atoms in total. The van der Waals surface area contributed by atoms with Gasteiger partial charge in [-0.1, -0.05) is 13.0 Å². The van der Waals surface area contributed by atoms with Crippen molar-refractivity contribution < 1.29 is 19.1 Å². The van der Waals surface area contributed by atoms with Crippen molar-refractivity contribution in [1.82, 2.24) is 5.32 Å². The summed E-state index contributed by atoms with van der Waals surface area (Å²) in [6, 6.07) is 2.87. The summed E-state index contributed by atoms with van der Waals surface area (Å²) in [5, 5.41) is 12.2. The summed E-state index contributed by atoms with van der Waals surface area (Å²) in [5.41, 5.74) is 1.72. The van der Waals surface area contributed by atoms with Gasteiger partial charge in [-0.15, -0.1) is 0 Å². The molecule has 1 aromatic rings. The number of carbonyl (C=O) groups excluding carboxylic acids is 1. The lowest BCUT2D eigenvalue weighted by Crippen LogP contribution is -2.29. The van der Waals surface area contributed by atoms with E-state index in [0.29, 0.717) is 28.7 Å². The van der Waals surface area contributed by atoms with E-state index in [-0.39, 0.29) is 12.1 Å². The van der Waals surface area contributed by atoms with Crippen LogP contribution in [-0.4, -0.2) is 17.4 Å². The highest BCUT2D eigenvalue weighted by Gasteiger charge is 2.29. The lowest BCUT2D eigenvalue weighted by Gasteiger charge is -2.26. The molecule has 1 aromatic carbocycles. The van der Waals surface area contributed by atoms with Crippen molar-refractivity contribution in [2.45, 2.75) is 20.4 Å². The Morgan fingerprint density at radius 3 is 2.79 bits per heavy atom. The van der Waals surface area contributed by atoms with Crippen molar-refractivity contribution in [1.29, 1.82) is 0 Å². The highest BCUT2D eigenvalue weighted by Crippen LogP contribution is 2.33. The molecule has 1 aliphatic rings. The summed E-state index contributed by atoms with van der Waals surface area (Å²) in [5.74, 6) is -2.17. The number of carboxylic acid groups (broad SMARTS) is 1. The van der Waals surface area contributed by atoms with Crippen molar-refractivity contribution >= 4 is 17.8 Å². The first-order valence-corrected chi connectivity index (χ1v) is 5.92. The lowest BCUT2D eigenvalue weighted by atomic mass is 9.87. The quantitative estimate of drug-likeness (QED) is 0.817. The van der Waals surface area contributed by atoms with Gasteiger partial charge in [0.15, 0.2) is 0 Å². The number of hydrogen-bond acceptors (Lipinski definition) is 3. The van der Waals surface area contributed by atoms with Gasteiger partial charge in [-0.05, 0) is 18.6 Å². The van der Waals surface area contributed by atoms with E-state index in [4.69, 9.17) is 0 Å². The van der Waals surface area contributed by atoms with E-state index < -0.39 is 17.7 Å². The molecule has 0 saturated carbocycles. The number of aryl methyl sites for hydroxylation is 1. The molecule has 0 spiro atoms. The fraction of sp³-hybridized carbons (Fsp3) is 0.286. The van der Waals surface area contributed by atoms with E-state index in [1.807, 2.05) is 0 Å². The molecule has 19 heavy (non-hydrogen) atoms. The minimum atomic E-state index is -1.16. The summed E-state index contributed by atoms with van der Waals surface area (Å²) in [4.78, 5) is 22.4. The van der Waals surface area contributed by atoms with Crippen molar-refractivity contribution in [3.63, 3.8) is 0 Å². The van der Waals surface area contributed by atoms with Crippen LogP contribution in [0, 0.1) is 18.7 Å². The zero-order valence-electron chi connectivity index (χ0n) is 10.7. The zero-order chi connectivity index (χ0) is 14.2. The van der Waals surface area contributed by atoms with Crippen LogP contribution in [0.4, 0.5) is 4.39 Å². The van der Waals surface area contributed by atoms with Gasteiger partial charge in [0.1, 0.15) is 12.1 Å². The first-order valence-electron chi connectivity index (χ1n) is 5.92. The van der Waals surface area contributed by atoms with Gasteiger partial charge in [0.2, 0.25) is 0 Å². The Balaban J connectivity index is 2.76. The molecule has 2 N–H and O–H groups in total. The van der Waals surface area contributed by atoms with E-state index in [0.717, 1.165) is 0 Å². The summed E-state index contributed by atoms with van der Waals surface area (Å²) < 4.78 is 13.8. The molecule has 0 aromatic heterocycles. The summed E-state index contributed by atoms with van der Waals surface area (Å²) in [7, 11) is 0. The SMILES string of the molecule is Cc1ccc(F)c2c1C(C(=O)O)=C([C@H](C)C=O)NC2. The fourth-order valence-electron chi connectivity index (χ4n) is 2.35. The third kappa shape index (κ3) is 2.12. The maximum absolute atomic E-state index is 13.8. The third-order valence-electron chi connectivity index (χ3n) is 3.31. The molecular weight excluding hydrogens is 249 g/mol. The van der Waals surface area contributed by atoms with Gasteiger partial charge < -0.3 is 15.2 Å². The number of rotatable bonds is 3. The Kier molecular flexibility index (Phi) is 3.38. The Hall–Kier alpha value is -2.17. The molecule has 0 fully saturated rings. The summed E-state index contributed by atoms with van der Waals surface area (Å²) in [6.07, 6.45) is 0.672.